The van der Waals surface area contributed by atoms with Gasteiger partial charge >= 0.3 is 0 Å². The Morgan fingerprint density at radius 3 is 2.64 bits per heavy atom. The van der Waals surface area contributed by atoms with Crippen LogP contribution in [0.1, 0.15) is 24.8 Å². The third kappa shape index (κ3) is 2.51. The third-order valence-electron chi connectivity index (χ3n) is 1.82. The van der Waals surface area contributed by atoms with Crippen molar-refractivity contribution in [1.82, 2.24) is 4.98 Å². The van der Waals surface area contributed by atoms with Crippen LogP contribution in [0.4, 0.5) is 0 Å². The van der Waals surface area contributed by atoms with Crippen LogP contribution in [0.2, 0.25) is 0 Å². The lowest BCUT2D eigenvalue weighted by Crippen LogP contribution is -1.93. The summed E-state index contributed by atoms with van der Waals surface area (Å²) in [5, 5.41) is 0. The highest BCUT2D eigenvalue weighted by Crippen LogP contribution is 2.17. The molecule has 0 radical (unpaired) electrons. The maximum atomic E-state index is 5.63. The SMILES string of the molecule is CC(CCCl)c1ccncc1. The standard InChI is InChI=1S/C9H12ClN/c1-8(2-5-10)9-3-6-11-7-4-9/h3-4,6-8H,2,5H2,1H3. The Balaban J connectivity index is 2.61. The minimum absolute atomic E-state index is 0.551. The molecule has 1 aromatic heterocycles. The lowest BCUT2D eigenvalue weighted by molar-refractivity contribution is 0.737. The summed E-state index contributed by atoms with van der Waals surface area (Å²) in [5.74, 6) is 1.28. The van der Waals surface area contributed by atoms with Gasteiger partial charge in [-0.25, -0.2) is 0 Å². The fourth-order valence-corrected chi connectivity index (χ4v) is 1.35. The molecule has 0 aliphatic heterocycles. The van der Waals surface area contributed by atoms with Crippen LogP contribution in [0.5, 0.6) is 0 Å². The minimum Gasteiger partial charge on any atom is -0.265 e. The van der Waals surface area contributed by atoms with Crippen LogP contribution in [0.25, 0.3) is 0 Å². The topological polar surface area (TPSA) is 12.9 Å². The van der Waals surface area contributed by atoms with Crippen molar-refractivity contribution < 1.29 is 0 Å². The highest BCUT2D eigenvalue weighted by Gasteiger charge is 2.02. The first kappa shape index (κ1) is 8.54. The number of hydrogen-bond acceptors (Lipinski definition) is 1. The van der Waals surface area contributed by atoms with Crippen molar-refractivity contribution in [3.05, 3.63) is 30.1 Å². The Hall–Kier alpha value is -0.560. The number of halogens is 1. The molecule has 0 saturated carbocycles. The minimum atomic E-state index is 0.551. The molecule has 1 heterocycles. The van der Waals surface area contributed by atoms with Gasteiger partial charge in [0, 0.05) is 18.3 Å². The summed E-state index contributed by atoms with van der Waals surface area (Å²) in [6, 6.07) is 4.08. The van der Waals surface area contributed by atoms with E-state index in [0.717, 1.165) is 12.3 Å². The second kappa shape index (κ2) is 4.35. The highest BCUT2D eigenvalue weighted by atomic mass is 35.5. The Kier molecular flexibility index (Phi) is 3.37. The quantitative estimate of drug-likeness (QED) is 0.635. The fourth-order valence-electron chi connectivity index (χ4n) is 1.02. The van der Waals surface area contributed by atoms with Crippen LogP contribution in [-0.2, 0) is 0 Å². The normalized spacial score (nSPS) is 12.9. The van der Waals surface area contributed by atoms with E-state index in [1.165, 1.54) is 5.56 Å². The van der Waals surface area contributed by atoms with Gasteiger partial charge < -0.3 is 0 Å². The van der Waals surface area contributed by atoms with Gasteiger partial charge in [-0.05, 0) is 30.0 Å². The number of alkyl halides is 1. The fraction of sp³-hybridized carbons (Fsp3) is 0.444. The summed E-state index contributed by atoms with van der Waals surface area (Å²) in [7, 11) is 0. The summed E-state index contributed by atoms with van der Waals surface area (Å²) in [4.78, 5) is 3.95. The van der Waals surface area contributed by atoms with E-state index < -0.39 is 0 Å². The first-order chi connectivity index (χ1) is 5.34. The molecule has 0 fully saturated rings. The summed E-state index contributed by atoms with van der Waals surface area (Å²) in [5.41, 5.74) is 1.32. The molecule has 1 nitrogen and oxygen atoms in total. The second-order valence-corrected chi connectivity index (χ2v) is 3.04. The molecular weight excluding hydrogens is 158 g/mol. The average Bonchev–Trinajstić information content (AvgIpc) is 2.07. The molecule has 0 bridgehead atoms. The second-order valence-electron chi connectivity index (χ2n) is 2.66. The van der Waals surface area contributed by atoms with Crippen LogP contribution in [-0.4, -0.2) is 10.9 Å². The monoisotopic (exact) mass is 169 g/mol. The van der Waals surface area contributed by atoms with Gasteiger partial charge in [-0.15, -0.1) is 11.6 Å². The largest absolute Gasteiger partial charge is 0.265 e. The van der Waals surface area contributed by atoms with Crippen LogP contribution < -0.4 is 0 Å². The summed E-state index contributed by atoms with van der Waals surface area (Å²) in [6.45, 7) is 2.18. The first-order valence-electron chi connectivity index (χ1n) is 3.80. The summed E-state index contributed by atoms with van der Waals surface area (Å²) < 4.78 is 0. The molecule has 1 atom stereocenters. The van der Waals surface area contributed by atoms with Gasteiger partial charge in [0.15, 0.2) is 0 Å². The molecule has 0 N–H and O–H groups in total. The van der Waals surface area contributed by atoms with Crippen molar-refractivity contribution in [3.63, 3.8) is 0 Å². The third-order valence-corrected chi connectivity index (χ3v) is 2.04. The van der Waals surface area contributed by atoms with E-state index in [-0.39, 0.29) is 0 Å². The van der Waals surface area contributed by atoms with Gasteiger partial charge in [0.05, 0.1) is 0 Å². The van der Waals surface area contributed by atoms with E-state index in [1.807, 2.05) is 24.5 Å². The van der Waals surface area contributed by atoms with Crippen molar-refractivity contribution in [2.75, 3.05) is 5.88 Å². The summed E-state index contributed by atoms with van der Waals surface area (Å²) in [6.07, 6.45) is 4.67. The number of nitrogens with zero attached hydrogens (tertiary/aromatic N) is 1. The zero-order valence-corrected chi connectivity index (χ0v) is 7.38. The molecule has 60 valence electrons. The maximum absolute atomic E-state index is 5.63. The van der Waals surface area contributed by atoms with Gasteiger partial charge in [-0.3, -0.25) is 4.98 Å². The van der Waals surface area contributed by atoms with Gasteiger partial charge in [0.1, 0.15) is 0 Å². The van der Waals surface area contributed by atoms with E-state index in [9.17, 15) is 0 Å². The van der Waals surface area contributed by atoms with Crippen molar-refractivity contribution in [2.24, 2.45) is 0 Å². The van der Waals surface area contributed by atoms with E-state index >= 15 is 0 Å². The van der Waals surface area contributed by atoms with Gasteiger partial charge in [0.25, 0.3) is 0 Å². The van der Waals surface area contributed by atoms with Crippen molar-refractivity contribution in [1.29, 1.82) is 0 Å². The van der Waals surface area contributed by atoms with E-state index in [1.54, 1.807) is 0 Å². The van der Waals surface area contributed by atoms with Crippen molar-refractivity contribution in [2.45, 2.75) is 19.3 Å². The van der Waals surface area contributed by atoms with Crippen molar-refractivity contribution >= 4 is 11.6 Å². The molecule has 0 amide bonds. The molecule has 0 spiro atoms. The van der Waals surface area contributed by atoms with Gasteiger partial charge in [0.2, 0.25) is 0 Å². The summed E-state index contributed by atoms with van der Waals surface area (Å²) >= 11 is 5.63. The van der Waals surface area contributed by atoms with E-state index in [2.05, 4.69) is 11.9 Å². The van der Waals surface area contributed by atoms with E-state index in [4.69, 9.17) is 11.6 Å². The molecular formula is C9H12ClN. The molecule has 1 rings (SSSR count). The van der Waals surface area contributed by atoms with Crippen molar-refractivity contribution in [3.8, 4) is 0 Å². The lowest BCUT2D eigenvalue weighted by atomic mass is 10.0. The number of rotatable bonds is 3. The predicted octanol–water partition coefficient (Wildman–Crippen LogP) is 2.81. The molecule has 1 unspecified atom stereocenters. The number of pyridine rings is 1. The first-order valence-corrected chi connectivity index (χ1v) is 4.34. The van der Waals surface area contributed by atoms with Gasteiger partial charge in [-0.1, -0.05) is 6.92 Å². The molecule has 0 aliphatic carbocycles. The van der Waals surface area contributed by atoms with E-state index in [0.29, 0.717) is 5.92 Å². The number of hydrogen-bond donors (Lipinski definition) is 0. The Bertz CT molecular complexity index is 198. The Morgan fingerprint density at radius 1 is 1.45 bits per heavy atom. The molecule has 11 heavy (non-hydrogen) atoms. The molecule has 1 aromatic rings. The maximum Gasteiger partial charge on any atom is 0.0270 e. The highest BCUT2D eigenvalue weighted by molar-refractivity contribution is 6.17. The zero-order valence-electron chi connectivity index (χ0n) is 6.63. The predicted molar refractivity (Wildman–Crippen MR) is 48.0 cm³/mol. The smallest absolute Gasteiger partial charge is 0.0270 e. The molecule has 2 heteroatoms. The lowest BCUT2D eigenvalue weighted by Gasteiger charge is -2.07. The molecule has 0 aromatic carbocycles. The van der Waals surface area contributed by atoms with Crippen LogP contribution >= 0.6 is 11.6 Å². The zero-order chi connectivity index (χ0) is 8.10. The Labute approximate surface area is 72.4 Å². The van der Waals surface area contributed by atoms with Gasteiger partial charge in [-0.2, -0.15) is 0 Å². The Morgan fingerprint density at radius 2 is 2.09 bits per heavy atom. The molecule has 0 saturated heterocycles. The van der Waals surface area contributed by atoms with Crippen LogP contribution in [0.15, 0.2) is 24.5 Å². The van der Waals surface area contributed by atoms with Crippen LogP contribution in [0.3, 0.4) is 0 Å². The van der Waals surface area contributed by atoms with Crippen LogP contribution in [0, 0.1) is 0 Å². The number of aromatic nitrogens is 1. The average molecular weight is 170 g/mol. The molecule has 0 aliphatic rings.